The summed E-state index contributed by atoms with van der Waals surface area (Å²) in [7, 11) is 1.81. The quantitative estimate of drug-likeness (QED) is 0.617. The van der Waals surface area contributed by atoms with Crippen LogP contribution in [0.25, 0.3) is 11.1 Å². The molecule has 0 spiro atoms. The Kier molecular flexibility index (Phi) is 5.23. The average Bonchev–Trinajstić information content (AvgIpc) is 3.36. The molecule has 1 aromatic heterocycles. The molecule has 2 heterocycles. The van der Waals surface area contributed by atoms with E-state index in [4.69, 9.17) is 14.6 Å². The normalized spacial score (nSPS) is 18.5. The van der Waals surface area contributed by atoms with Crippen LogP contribution in [0, 0.1) is 13.8 Å². The predicted octanol–water partition coefficient (Wildman–Crippen LogP) is 4.69. The van der Waals surface area contributed by atoms with Gasteiger partial charge in [0.15, 0.2) is 0 Å². The molecule has 0 fully saturated rings. The van der Waals surface area contributed by atoms with E-state index in [9.17, 15) is 9.59 Å². The van der Waals surface area contributed by atoms with Crippen LogP contribution in [0.4, 0.5) is 0 Å². The van der Waals surface area contributed by atoms with E-state index in [-0.39, 0.29) is 24.0 Å². The summed E-state index contributed by atoms with van der Waals surface area (Å²) in [4.78, 5) is 23.3. The van der Waals surface area contributed by atoms with E-state index in [1.807, 2.05) is 39.1 Å². The molecule has 0 amide bonds. The first-order valence-electron chi connectivity index (χ1n) is 11.3. The minimum Gasteiger partial charge on any atom is -0.492 e. The zero-order valence-corrected chi connectivity index (χ0v) is 19.1. The van der Waals surface area contributed by atoms with Gasteiger partial charge in [-0.3, -0.25) is 9.59 Å². The van der Waals surface area contributed by atoms with Crippen molar-refractivity contribution in [2.45, 2.75) is 45.1 Å². The SMILES string of the molecule is Cc1cc(=O)n(C)c(C)c1-c1cccc2c1CC[C@H]2Oc1ccc2c(c1)OCC2CC(=O)O. The van der Waals surface area contributed by atoms with Crippen molar-refractivity contribution in [3.05, 3.63) is 80.8 Å². The maximum atomic E-state index is 12.2. The fourth-order valence-electron chi connectivity index (χ4n) is 5.23. The molecule has 0 bridgehead atoms. The molecule has 3 aromatic rings. The van der Waals surface area contributed by atoms with Crippen molar-refractivity contribution >= 4 is 5.97 Å². The number of benzene rings is 2. The van der Waals surface area contributed by atoms with Crippen molar-refractivity contribution in [2.75, 3.05) is 6.61 Å². The third-order valence-corrected chi connectivity index (χ3v) is 6.98. The molecule has 0 radical (unpaired) electrons. The van der Waals surface area contributed by atoms with E-state index < -0.39 is 5.97 Å². The van der Waals surface area contributed by atoms with Gasteiger partial charge in [0, 0.05) is 41.9 Å². The topological polar surface area (TPSA) is 77.8 Å². The lowest BCUT2D eigenvalue weighted by Crippen LogP contribution is -2.19. The summed E-state index contributed by atoms with van der Waals surface area (Å²) in [6.07, 6.45) is 1.77. The number of rotatable bonds is 5. The van der Waals surface area contributed by atoms with Crippen LogP contribution in [0.5, 0.6) is 11.5 Å². The van der Waals surface area contributed by atoms with Gasteiger partial charge in [0.2, 0.25) is 0 Å². The highest BCUT2D eigenvalue weighted by Crippen LogP contribution is 2.43. The Labute approximate surface area is 192 Å². The fourth-order valence-corrected chi connectivity index (χ4v) is 5.23. The van der Waals surface area contributed by atoms with Crippen molar-refractivity contribution in [1.29, 1.82) is 0 Å². The Hall–Kier alpha value is -3.54. The van der Waals surface area contributed by atoms with E-state index in [1.165, 1.54) is 11.1 Å². The molecule has 1 unspecified atom stereocenters. The third kappa shape index (κ3) is 3.69. The smallest absolute Gasteiger partial charge is 0.304 e. The molecule has 6 nitrogen and oxygen atoms in total. The van der Waals surface area contributed by atoms with Gasteiger partial charge < -0.3 is 19.1 Å². The van der Waals surface area contributed by atoms with Crippen LogP contribution in [-0.4, -0.2) is 22.2 Å². The molecule has 6 heteroatoms. The van der Waals surface area contributed by atoms with Crippen LogP contribution in [0.15, 0.2) is 47.3 Å². The van der Waals surface area contributed by atoms with E-state index in [0.717, 1.165) is 46.5 Å². The van der Waals surface area contributed by atoms with E-state index in [2.05, 4.69) is 18.2 Å². The van der Waals surface area contributed by atoms with Crippen molar-refractivity contribution < 1.29 is 19.4 Å². The number of pyridine rings is 1. The van der Waals surface area contributed by atoms with E-state index in [0.29, 0.717) is 12.4 Å². The number of carboxylic acid groups (broad SMARTS) is 1. The van der Waals surface area contributed by atoms with Crippen molar-refractivity contribution in [2.24, 2.45) is 7.05 Å². The first-order chi connectivity index (χ1) is 15.8. The van der Waals surface area contributed by atoms with Gasteiger partial charge in [0.25, 0.3) is 5.56 Å². The zero-order chi connectivity index (χ0) is 23.3. The maximum absolute atomic E-state index is 12.2. The molecule has 5 rings (SSSR count). The fraction of sp³-hybridized carbons (Fsp3) is 0.333. The average molecular weight is 446 g/mol. The molecular weight excluding hydrogens is 418 g/mol. The summed E-state index contributed by atoms with van der Waals surface area (Å²) >= 11 is 0. The number of carboxylic acids is 1. The van der Waals surface area contributed by atoms with Gasteiger partial charge >= 0.3 is 5.97 Å². The monoisotopic (exact) mass is 445 g/mol. The molecule has 1 aliphatic heterocycles. The van der Waals surface area contributed by atoms with Crippen LogP contribution >= 0.6 is 0 Å². The number of ether oxygens (including phenoxy) is 2. The number of hydrogen-bond acceptors (Lipinski definition) is 4. The van der Waals surface area contributed by atoms with Gasteiger partial charge in [0.05, 0.1) is 13.0 Å². The lowest BCUT2D eigenvalue weighted by atomic mass is 9.92. The Balaban J connectivity index is 1.44. The second-order valence-electron chi connectivity index (χ2n) is 9.01. The number of aryl methyl sites for hydroxylation is 1. The summed E-state index contributed by atoms with van der Waals surface area (Å²) in [6.45, 7) is 4.38. The first-order valence-corrected chi connectivity index (χ1v) is 11.3. The second-order valence-corrected chi connectivity index (χ2v) is 9.01. The number of fused-ring (bicyclic) bond motifs is 2. The van der Waals surface area contributed by atoms with Crippen molar-refractivity contribution in [3.63, 3.8) is 0 Å². The molecule has 33 heavy (non-hydrogen) atoms. The predicted molar refractivity (Wildman–Crippen MR) is 125 cm³/mol. The minimum absolute atomic E-state index is 0.00644. The minimum atomic E-state index is -0.820. The lowest BCUT2D eigenvalue weighted by Gasteiger charge is -2.18. The largest absolute Gasteiger partial charge is 0.492 e. The Bertz CT molecular complexity index is 1320. The highest BCUT2D eigenvalue weighted by atomic mass is 16.5. The standard InChI is InChI=1S/C27H27NO5/c1-15-11-25(29)28(3)16(2)27(15)22-6-4-5-21-20(22)9-10-23(21)33-18-7-8-19-17(12-26(30)31)14-32-24(19)13-18/h4-8,11,13,17,23H,9-10,12,14H2,1-3H3,(H,30,31)/t17?,23-/m1/s1. The maximum Gasteiger partial charge on any atom is 0.304 e. The number of aromatic nitrogens is 1. The third-order valence-electron chi connectivity index (χ3n) is 6.98. The van der Waals surface area contributed by atoms with Crippen LogP contribution in [-0.2, 0) is 18.3 Å². The Morgan fingerprint density at radius 2 is 2.00 bits per heavy atom. The number of nitrogens with zero attached hydrogens (tertiary/aromatic N) is 1. The van der Waals surface area contributed by atoms with Crippen molar-refractivity contribution in [3.8, 4) is 22.6 Å². The summed E-state index contributed by atoms with van der Waals surface area (Å²) in [5, 5.41) is 9.11. The van der Waals surface area contributed by atoms with Crippen LogP contribution < -0.4 is 15.0 Å². The summed E-state index contributed by atoms with van der Waals surface area (Å²) in [5.74, 6) is 0.498. The van der Waals surface area contributed by atoms with Gasteiger partial charge in [-0.05, 0) is 55.0 Å². The molecule has 2 atom stereocenters. The second kappa shape index (κ2) is 8.10. The Morgan fingerprint density at radius 3 is 2.79 bits per heavy atom. The van der Waals surface area contributed by atoms with Crippen LogP contribution in [0.3, 0.4) is 0 Å². The molecule has 2 aromatic carbocycles. The zero-order valence-electron chi connectivity index (χ0n) is 19.1. The molecule has 1 aliphatic carbocycles. The van der Waals surface area contributed by atoms with Gasteiger partial charge in [-0.15, -0.1) is 0 Å². The molecule has 0 saturated heterocycles. The molecule has 1 N–H and O–H groups in total. The molecule has 170 valence electrons. The number of carbonyl (C=O) groups is 1. The highest BCUT2D eigenvalue weighted by molar-refractivity contribution is 5.74. The van der Waals surface area contributed by atoms with E-state index in [1.54, 1.807) is 10.6 Å². The Morgan fingerprint density at radius 1 is 1.18 bits per heavy atom. The number of hydrogen-bond donors (Lipinski definition) is 1. The number of aliphatic carboxylic acids is 1. The van der Waals surface area contributed by atoms with Gasteiger partial charge in [-0.1, -0.05) is 24.3 Å². The highest BCUT2D eigenvalue weighted by Gasteiger charge is 2.30. The summed E-state index contributed by atoms with van der Waals surface area (Å²) in [6, 6.07) is 13.7. The van der Waals surface area contributed by atoms with Crippen molar-refractivity contribution in [1.82, 2.24) is 4.57 Å². The summed E-state index contributed by atoms with van der Waals surface area (Å²) < 4.78 is 13.8. The van der Waals surface area contributed by atoms with E-state index >= 15 is 0 Å². The first kappa shape index (κ1) is 21.3. The molecular formula is C27H27NO5. The summed E-state index contributed by atoms with van der Waals surface area (Å²) in [5.41, 5.74) is 7.61. The van der Waals surface area contributed by atoms with Crippen LogP contribution in [0.2, 0.25) is 0 Å². The van der Waals surface area contributed by atoms with Gasteiger partial charge in [-0.25, -0.2) is 0 Å². The van der Waals surface area contributed by atoms with Crippen LogP contribution in [0.1, 0.15) is 52.8 Å². The van der Waals surface area contributed by atoms with Gasteiger partial charge in [-0.2, -0.15) is 0 Å². The molecule has 2 aliphatic rings. The lowest BCUT2D eigenvalue weighted by molar-refractivity contribution is -0.137. The molecule has 0 saturated carbocycles. The van der Waals surface area contributed by atoms with Gasteiger partial charge in [0.1, 0.15) is 17.6 Å².